The number of para-hydroxylation sites is 2. The molecule has 11 rings (SSSR count). The monoisotopic (exact) mass is 719 g/mol. The van der Waals surface area contributed by atoms with Crippen molar-refractivity contribution in [3.05, 3.63) is 169 Å². The Labute approximate surface area is 318 Å². The Morgan fingerprint density at radius 2 is 1.35 bits per heavy atom. The van der Waals surface area contributed by atoms with Crippen LogP contribution in [0.15, 0.2) is 156 Å². The van der Waals surface area contributed by atoms with Crippen molar-refractivity contribution in [3.8, 4) is 45.7 Å². The molecule has 7 aromatic carbocycles. The van der Waals surface area contributed by atoms with Crippen LogP contribution >= 0.6 is 11.3 Å². The summed E-state index contributed by atoms with van der Waals surface area (Å²) in [6, 6.07) is 53.1. The molecule has 0 N–H and O–H groups in total. The minimum Gasteiger partial charge on any atom is -0.456 e. The maximum atomic E-state index is 10.8. The molecule has 0 saturated heterocycles. The minimum absolute atomic E-state index is 0.340. The average Bonchev–Trinajstić information content (AvgIpc) is 3.93. The number of rotatable bonds is 4. The Morgan fingerprint density at radius 3 is 2.18 bits per heavy atom. The quantitative estimate of drug-likeness (QED) is 0.170. The maximum absolute atomic E-state index is 10.8. The van der Waals surface area contributed by atoms with Gasteiger partial charge in [-0.3, -0.25) is 0 Å². The lowest BCUT2D eigenvalue weighted by molar-refractivity contribution is 0.669. The van der Waals surface area contributed by atoms with Gasteiger partial charge in [0.25, 0.3) is 0 Å². The average molecular weight is 720 g/mol. The van der Waals surface area contributed by atoms with Crippen molar-refractivity contribution in [2.75, 3.05) is 0 Å². The molecule has 0 aliphatic carbocycles. The molecule has 0 saturated carbocycles. The fraction of sp³-hybridized carbons (Fsp3) is 0. The molecule has 6 nitrogen and oxygen atoms in total. The summed E-state index contributed by atoms with van der Waals surface area (Å²) in [6.45, 7) is 8.52. The van der Waals surface area contributed by atoms with Crippen LogP contribution < -0.4 is 0 Å². The highest BCUT2D eigenvalue weighted by Gasteiger charge is 2.24. The third-order valence-electron chi connectivity index (χ3n) is 10.5. The van der Waals surface area contributed by atoms with Crippen LogP contribution in [0, 0.1) is 17.9 Å². The lowest BCUT2D eigenvalue weighted by atomic mass is 9.98. The molecule has 0 atom stereocenters. The fourth-order valence-electron chi connectivity index (χ4n) is 8.09. The van der Waals surface area contributed by atoms with Gasteiger partial charge >= 0.3 is 0 Å². The van der Waals surface area contributed by atoms with Gasteiger partial charge in [-0.25, -0.2) is 14.8 Å². The second-order valence-corrected chi connectivity index (χ2v) is 14.5. The molecule has 55 heavy (non-hydrogen) atoms. The summed E-state index contributed by atoms with van der Waals surface area (Å²) in [5, 5.41) is 17.3. The van der Waals surface area contributed by atoms with Crippen LogP contribution in [-0.4, -0.2) is 14.5 Å². The molecule has 0 radical (unpaired) electrons. The second kappa shape index (κ2) is 12.0. The van der Waals surface area contributed by atoms with E-state index >= 15 is 0 Å². The fourth-order valence-corrected chi connectivity index (χ4v) is 9.33. The molecule has 0 aliphatic heterocycles. The molecular formula is C48H25N5OS. The van der Waals surface area contributed by atoms with Crippen LogP contribution in [0.4, 0.5) is 5.69 Å². The Kier molecular flexibility index (Phi) is 6.75. The number of thiophene rings is 1. The second-order valence-electron chi connectivity index (χ2n) is 13.5. The molecular weight excluding hydrogens is 695 g/mol. The smallest absolute Gasteiger partial charge is 0.211 e. The van der Waals surface area contributed by atoms with E-state index in [1.165, 1.54) is 20.2 Å². The Balaban J connectivity index is 1.18. The topological polar surface area (TPSA) is 72.0 Å². The summed E-state index contributed by atoms with van der Waals surface area (Å²) in [7, 11) is 0. The van der Waals surface area contributed by atoms with E-state index in [9.17, 15) is 5.26 Å². The summed E-state index contributed by atoms with van der Waals surface area (Å²) >= 11 is 1.78. The van der Waals surface area contributed by atoms with Crippen molar-refractivity contribution in [2.45, 2.75) is 0 Å². The predicted molar refractivity (Wildman–Crippen MR) is 224 cm³/mol. The molecule has 0 bridgehead atoms. The largest absolute Gasteiger partial charge is 0.456 e. The highest BCUT2D eigenvalue weighted by Crippen LogP contribution is 2.45. The summed E-state index contributed by atoms with van der Waals surface area (Å²) in [5.41, 5.74) is 8.39. The number of furan rings is 1. The van der Waals surface area contributed by atoms with Crippen LogP contribution in [-0.2, 0) is 0 Å². The van der Waals surface area contributed by atoms with Gasteiger partial charge < -0.3 is 8.98 Å². The van der Waals surface area contributed by atoms with Crippen LogP contribution in [0.3, 0.4) is 0 Å². The molecule has 0 unspecified atom stereocenters. The molecule has 0 fully saturated rings. The van der Waals surface area contributed by atoms with Gasteiger partial charge in [0.05, 0.1) is 39.4 Å². The SMILES string of the molecule is [C-]#[N+]c1cc(-c2nc(-c3cccc4oc5ccccc5c34)nc(-c3ccccc3)c2C#N)ccc1-n1c2ccccc2c2ccc3c4ccccc4sc3c21. The van der Waals surface area contributed by atoms with E-state index < -0.39 is 0 Å². The number of hydrogen-bond donors (Lipinski definition) is 0. The first-order valence-electron chi connectivity index (χ1n) is 17.8. The molecule has 7 heteroatoms. The lowest BCUT2D eigenvalue weighted by Gasteiger charge is -2.15. The van der Waals surface area contributed by atoms with Gasteiger partial charge in [-0.05, 0) is 42.0 Å². The first-order chi connectivity index (χ1) is 27.2. The normalized spacial score (nSPS) is 11.6. The van der Waals surface area contributed by atoms with E-state index in [0.717, 1.165) is 60.6 Å². The molecule has 4 aromatic heterocycles. The van der Waals surface area contributed by atoms with Crippen molar-refractivity contribution in [1.82, 2.24) is 14.5 Å². The zero-order valence-electron chi connectivity index (χ0n) is 29.0. The lowest BCUT2D eigenvalue weighted by Crippen LogP contribution is -2.02. The molecule has 4 heterocycles. The summed E-state index contributed by atoms with van der Waals surface area (Å²) < 4.78 is 10.9. The standard InChI is InChI=1S/C48H25N5OS/c1-50-37-26-29(22-25-39(37)53-38-18-8-5-14-30(38)32-23-24-33-31-15-7-10-21-42(31)55-47(33)46(32)53)45-36(27-49)44(28-12-3-2-4-13-28)51-48(52-45)35-17-11-20-41-43(35)34-16-6-9-19-40(34)54-41/h2-26H. The van der Waals surface area contributed by atoms with Crippen molar-refractivity contribution in [3.63, 3.8) is 0 Å². The molecule has 0 amide bonds. The zero-order valence-corrected chi connectivity index (χ0v) is 29.8. The van der Waals surface area contributed by atoms with E-state index in [4.69, 9.17) is 21.0 Å². The van der Waals surface area contributed by atoms with E-state index in [0.29, 0.717) is 34.0 Å². The summed E-state index contributed by atoms with van der Waals surface area (Å²) in [4.78, 5) is 14.4. The van der Waals surface area contributed by atoms with Gasteiger partial charge in [-0.2, -0.15) is 5.26 Å². The van der Waals surface area contributed by atoms with Crippen LogP contribution in [0.5, 0.6) is 0 Å². The van der Waals surface area contributed by atoms with Crippen LogP contribution in [0.25, 0.3) is 108 Å². The van der Waals surface area contributed by atoms with Crippen LogP contribution in [0.2, 0.25) is 0 Å². The van der Waals surface area contributed by atoms with E-state index in [1.54, 1.807) is 11.3 Å². The summed E-state index contributed by atoms with van der Waals surface area (Å²) in [6.07, 6.45) is 0. The first kappa shape index (κ1) is 31.0. The van der Waals surface area contributed by atoms with Crippen molar-refractivity contribution >= 4 is 80.9 Å². The van der Waals surface area contributed by atoms with Crippen LogP contribution in [0.1, 0.15) is 5.56 Å². The number of hydrogen-bond acceptors (Lipinski definition) is 5. The Hall–Kier alpha value is -7.58. The van der Waals surface area contributed by atoms with Gasteiger partial charge in [0.2, 0.25) is 5.69 Å². The number of fused-ring (bicyclic) bond motifs is 10. The highest BCUT2D eigenvalue weighted by molar-refractivity contribution is 7.26. The minimum atomic E-state index is 0.340. The Bertz CT molecular complexity index is 3470. The van der Waals surface area contributed by atoms with Crippen molar-refractivity contribution < 1.29 is 4.42 Å². The van der Waals surface area contributed by atoms with Gasteiger partial charge in [0.1, 0.15) is 22.8 Å². The first-order valence-corrected chi connectivity index (χ1v) is 18.7. The van der Waals surface area contributed by atoms with Crippen molar-refractivity contribution in [1.29, 1.82) is 5.26 Å². The number of nitrogens with zero attached hydrogens (tertiary/aromatic N) is 5. The van der Waals surface area contributed by atoms with E-state index in [1.807, 2.05) is 97.1 Å². The molecule has 0 aliphatic rings. The highest BCUT2D eigenvalue weighted by atomic mass is 32.1. The molecule has 11 aromatic rings. The van der Waals surface area contributed by atoms with Gasteiger partial charge in [0.15, 0.2) is 5.82 Å². The maximum Gasteiger partial charge on any atom is 0.211 e. The number of nitriles is 1. The third-order valence-corrected chi connectivity index (χ3v) is 11.7. The van der Waals surface area contributed by atoms with E-state index in [2.05, 4.69) is 70.1 Å². The Morgan fingerprint density at radius 1 is 0.636 bits per heavy atom. The predicted octanol–water partition coefficient (Wildman–Crippen LogP) is 13.3. The molecule has 0 spiro atoms. The zero-order chi connectivity index (χ0) is 36.6. The van der Waals surface area contributed by atoms with E-state index in [-0.39, 0.29) is 0 Å². The van der Waals surface area contributed by atoms with Gasteiger partial charge in [0, 0.05) is 48.1 Å². The van der Waals surface area contributed by atoms with Gasteiger partial charge in [-0.1, -0.05) is 115 Å². The number of benzene rings is 7. The third kappa shape index (κ3) is 4.58. The van der Waals surface area contributed by atoms with Crippen molar-refractivity contribution in [2.24, 2.45) is 0 Å². The van der Waals surface area contributed by atoms with Gasteiger partial charge in [-0.15, -0.1) is 11.3 Å². The summed E-state index contributed by atoms with van der Waals surface area (Å²) in [5.74, 6) is 0.466. The number of aromatic nitrogens is 3. The molecule has 254 valence electrons.